The molecule has 0 saturated carbocycles. The molecule has 1 aliphatic heterocycles. The molecule has 0 spiro atoms. The van der Waals surface area contributed by atoms with Crippen LogP contribution in [0.2, 0.25) is 0 Å². The molecule has 1 aromatic heterocycles. The van der Waals surface area contributed by atoms with E-state index in [-0.39, 0.29) is 5.78 Å². The van der Waals surface area contributed by atoms with Gasteiger partial charge in [-0.25, -0.2) is 13.4 Å². The van der Waals surface area contributed by atoms with Crippen LogP contribution in [0.1, 0.15) is 21.6 Å². The molecule has 2 heterocycles. The largest absolute Gasteiger partial charge is 0.293 e. The molecule has 0 saturated heterocycles. The fraction of sp³-hybridized carbons (Fsp3) is 0.333. The zero-order chi connectivity index (χ0) is 16.6. The maximum atomic E-state index is 12.3. The summed E-state index contributed by atoms with van der Waals surface area (Å²) in [6.07, 6.45) is 1.84. The number of Topliss-reactive ketones (excluding diaryl/α,β-unsaturated/α-hetero) is 1. The molecule has 23 heavy (non-hydrogen) atoms. The highest BCUT2D eigenvalue weighted by Gasteiger charge is 2.26. The number of carbonyl (C=O) groups is 1. The maximum Gasteiger partial charge on any atom is 0.232 e. The second-order valence-electron chi connectivity index (χ2n) is 5.40. The summed E-state index contributed by atoms with van der Waals surface area (Å²) in [6.45, 7) is 2.37. The van der Waals surface area contributed by atoms with E-state index in [1.54, 1.807) is 12.1 Å². The molecule has 0 fully saturated rings. The van der Waals surface area contributed by atoms with E-state index in [2.05, 4.69) is 4.98 Å². The Labute approximate surface area is 143 Å². The van der Waals surface area contributed by atoms with E-state index in [0.717, 1.165) is 15.6 Å². The van der Waals surface area contributed by atoms with Crippen molar-refractivity contribution in [3.63, 3.8) is 0 Å². The van der Waals surface area contributed by atoms with Crippen LogP contribution in [0, 0.1) is 6.92 Å². The Bertz CT molecular complexity index is 859. The minimum Gasteiger partial charge on any atom is -0.293 e. The third kappa shape index (κ3) is 3.59. The van der Waals surface area contributed by atoms with Gasteiger partial charge in [-0.05, 0) is 37.1 Å². The first-order valence-corrected chi connectivity index (χ1v) is 10.7. The van der Waals surface area contributed by atoms with Gasteiger partial charge in [0.25, 0.3) is 0 Å². The summed E-state index contributed by atoms with van der Waals surface area (Å²) in [6, 6.07) is 5.25. The molecule has 5 nitrogen and oxygen atoms in total. The number of hydrogen-bond donors (Lipinski definition) is 0. The molecule has 0 amide bonds. The van der Waals surface area contributed by atoms with Crippen molar-refractivity contribution < 1.29 is 13.2 Å². The first-order chi connectivity index (χ1) is 10.8. The molecule has 8 heteroatoms. The molecule has 122 valence electrons. The minimum atomic E-state index is -3.26. The fourth-order valence-corrected chi connectivity index (χ4v) is 5.20. The number of hydrogen-bond acceptors (Lipinski definition) is 6. The van der Waals surface area contributed by atoms with Crippen molar-refractivity contribution >= 4 is 44.6 Å². The normalized spacial score (nSPS) is 14.1. The van der Waals surface area contributed by atoms with Gasteiger partial charge in [0.1, 0.15) is 0 Å². The molecular formula is C15H16N2O3S3. The summed E-state index contributed by atoms with van der Waals surface area (Å²) < 4.78 is 25.7. The van der Waals surface area contributed by atoms with Crippen LogP contribution < -0.4 is 4.31 Å². The van der Waals surface area contributed by atoms with Crippen LogP contribution >= 0.6 is 23.1 Å². The molecule has 0 aliphatic carbocycles. The molecule has 1 aromatic carbocycles. The van der Waals surface area contributed by atoms with Crippen molar-refractivity contribution in [3.05, 3.63) is 40.4 Å². The lowest BCUT2D eigenvalue weighted by molar-refractivity contribution is 0.102. The Morgan fingerprint density at radius 1 is 1.43 bits per heavy atom. The monoisotopic (exact) mass is 368 g/mol. The first-order valence-electron chi connectivity index (χ1n) is 7.03. The van der Waals surface area contributed by atoms with Gasteiger partial charge in [-0.3, -0.25) is 9.10 Å². The third-order valence-corrected chi connectivity index (χ3v) is 6.90. The number of thioether (sulfide) groups is 1. The number of rotatable bonds is 5. The molecule has 0 unspecified atom stereocenters. The highest BCUT2D eigenvalue weighted by molar-refractivity contribution is 8.01. The molecule has 3 rings (SSSR count). The number of carbonyl (C=O) groups excluding carboxylic acids is 1. The van der Waals surface area contributed by atoms with Crippen LogP contribution in [0.15, 0.2) is 27.9 Å². The SMILES string of the molecule is Cc1csc(SCC(=O)c2ccc3c(c2)CCN3S(C)(=O)=O)n1. The summed E-state index contributed by atoms with van der Waals surface area (Å²) in [5.41, 5.74) is 3.19. The summed E-state index contributed by atoms with van der Waals surface area (Å²) in [5.74, 6) is 0.366. The van der Waals surface area contributed by atoms with Crippen molar-refractivity contribution in [2.75, 3.05) is 22.9 Å². The molecule has 0 N–H and O–H groups in total. The lowest BCUT2D eigenvalue weighted by Gasteiger charge is -2.16. The minimum absolute atomic E-state index is 0.0310. The van der Waals surface area contributed by atoms with E-state index in [1.165, 1.54) is 33.7 Å². The first kappa shape index (κ1) is 16.5. The van der Waals surface area contributed by atoms with Crippen molar-refractivity contribution in [1.82, 2.24) is 4.98 Å². The standard InChI is InChI=1S/C15H16N2O3S3/c1-10-8-21-15(16-10)22-9-14(18)12-3-4-13-11(7-12)5-6-17(13)23(2,19)20/h3-4,7-8H,5-6,9H2,1-2H3. The molecule has 1 aliphatic rings. The van der Waals surface area contributed by atoms with Gasteiger partial charge in [0, 0.05) is 23.2 Å². The van der Waals surface area contributed by atoms with Crippen LogP contribution in [0.5, 0.6) is 0 Å². The molecule has 0 bridgehead atoms. The smallest absolute Gasteiger partial charge is 0.232 e. The van der Waals surface area contributed by atoms with E-state index in [9.17, 15) is 13.2 Å². The molecule has 2 aromatic rings. The van der Waals surface area contributed by atoms with E-state index >= 15 is 0 Å². The van der Waals surface area contributed by atoms with Gasteiger partial charge < -0.3 is 0 Å². The predicted octanol–water partition coefficient (Wildman–Crippen LogP) is 2.75. The number of thiazole rings is 1. The van der Waals surface area contributed by atoms with Gasteiger partial charge in [0.15, 0.2) is 10.1 Å². The zero-order valence-electron chi connectivity index (χ0n) is 12.8. The number of anilines is 1. The second-order valence-corrected chi connectivity index (χ2v) is 9.38. The Hall–Kier alpha value is -1.38. The lowest BCUT2D eigenvalue weighted by Crippen LogP contribution is -2.27. The number of aromatic nitrogens is 1. The van der Waals surface area contributed by atoms with Gasteiger partial charge in [-0.1, -0.05) is 11.8 Å². The van der Waals surface area contributed by atoms with Crippen LogP contribution in [-0.2, 0) is 16.4 Å². The van der Waals surface area contributed by atoms with Crippen LogP contribution in [-0.4, -0.2) is 37.7 Å². The molecular weight excluding hydrogens is 352 g/mol. The quantitative estimate of drug-likeness (QED) is 0.600. The highest BCUT2D eigenvalue weighted by atomic mass is 32.2. The summed E-state index contributed by atoms with van der Waals surface area (Å²) >= 11 is 2.97. The number of nitrogens with zero attached hydrogens (tertiary/aromatic N) is 2. The number of fused-ring (bicyclic) bond motifs is 1. The highest BCUT2D eigenvalue weighted by Crippen LogP contribution is 2.31. The van der Waals surface area contributed by atoms with Gasteiger partial charge in [-0.15, -0.1) is 11.3 Å². The second kappa shape index (κ2) is 6.26. The average Bonchev–Trinajstić information content (AvgIpc) is 3.09. The van der Waals surface area contributed by atoms with Crippen molar-refractivity contribution in [3.8, 4) is 0 Å². The summed E-state index contributed by atoms with van der Waals surface area (Å²) in [7, 11) is -3.26. The van der Waals surface area contributed by atoms with Crippen molar-refractivity contribution in [2.24, 2.45) is 0 Å². The fourth-order valence-electron chi connectivity index (χ4n) is 2.50. The summed E-state index contributed by atoms with van der Waals surface area (Å²) in [4.78, 5) is 16.7. The van der Waals surface area contributed by atoms with E-state index in [4.69, 9.17) is 0 Å². The Morgan fingerprint density at radius 3 is 2.87 bits per heavy atom. The van der Waals surface area contributed by atoms with E-state index < -0.39 is 10.0 Å². The van der Waals surface area contributed by atoms with E-state index in [0.29, 0.717) is 30.0 Å². The lowest BCUT2D eigenvalue weighted by atomic mass is 10.1. The van der Waals surface area contributed by atoms with Gasteiger partial charge >= 0.3 is 0 Å². The zero-order valence-corrected chi connectivity index (χ0v) is 15.2. The van der Waals surface area contributed by atoms with Crippen LogP contribution in [0.25, 0.3) is 0 Å². The number of benzene rings is 1. The Kier molecular flexibility index (Phi) is 4.48. The Balaban J connectivity index is 1.73. The van der Waals surface area contributed by atoms with Crippen LogP contribution in [0.4, 0.5) is 5.69 Å². The number of aryl methyl sites for hydroxylation is 1. The average molecular weight is 369 g/mol. The maximum absolute atomic E-state index is 12.3. The Morgan fingerprint density at radius 2 is 2.22 bits per heavy atom. The van der Waals surface area contributed by atoms with Gasteiger partial charge in [-0.2, -0.15) is 0 Å². The van der Waals surface area contributed by atoms with Crippen molar-refractivity contribution in [2.45, 2.75) is 17.7 Å². The van der Waals surface area contributed by atoms with Gasteiger partial charge in [0.05, 0.1) is 17.7 Å². The van der Waals surface area contributed by atoms with E-state index in [1.807, 2.05) is 18.4 Å². The number of sulfonamides is 1. The topological polar surface area (TPSA) is 67.3 Å². The number of ketones is 1. The van der Waals surface area contributed by atoms with Gasteiger partial charge in [0.2, 0.25) is 10.0 Å². The molecule has 0 radical (unpaired) electrons. The summed E-state index contributed by atoms with van der Waals surface area (Å²) in [5, 5.41) is 1.96. The third-order valence-electron chi connectivity index (χ3n) is 3.58. The molecule has 0 atom stereocenters. The predicted molar refractivity (Wildman–Crippen MR) is 94.2 cm³/mol. The van der Waals surface area contributed by atoms with Crippen molar-refractivity contribution in [1.29, 1.82) is 0 Å². The van der Waals surface area contributed by atoms with Crippen LogP contribution in [0.3, 0.4) is 0 Å².